The Morgan fingerprint density at radius 3 is 2.52 bits per heavy atom. The van der Waals surface area contributed by atoms with Crippen LogP contribution in [0.2, 0.25) is 5.02 Å². The van der Waals surface area contributed by atoms with E-state index in [-0.39, 0.29) is 17.9 Å². The number of nitriles is 1. The Morgan fingerprint density at radius 2 is 1.96 bits per heavy atom. The topological polar surface area (TPSA) is 69.3 Å². The van der Waals surface area contributed by atoms with Crippen LogP contribution in [-0.4, -0.2) is 45.1 Å². The number of benzene rings is 1. The fourth-order valence-electron chi connectivity index (χ4n) is 4.76. The van der Waals surface area contributed by atoms with Gasteiger partial charge in [-0.1, -0.05) is 11.6 Å². The number of hydrogen-bond donors (Lipinski definition) is 1. The first-order valence-corrected chi connectivity index (χ1v) is 9.65. The molecule has 3 heterocycles. The van der Waals surface area contributed by atoms with Crippen molar-refractivity contribution in [1.82, 2.24) is 9.47 Å². The number of ketones is 1. The summed E-state index contributed by atoms with van der Waals surface area (Å²) < 4.78 is 1.96. The van der Waals surface area contributed by atoms with E-state index in [0.29, 0.717) is 28.7 Å². The van der Waals surface area contributed by atoms with E-state index < -0.39 is 0 Å². The van der Waals surface area contributed by atoms with Crippen molar-refractivity contribution in [2.45, 2.75) is 51.3 Å². The van der Waals surface area contributed by atoms with Crippen LogP contribution in [0.25, 0.3) is 5.69 Å². The highest BCUT2D eigenvalue weighted by atomic mass is 35.5. The number of aliphatic hydroxyl groups is 1. The van der Waals surface area contributed by atoms with E-state index in [1.165, 1.54) is 0 Å². The summed E-state index contributed by atoms with van der Waals surface area (Å²) in [7, 11) is 0. The summed E-state index contributed by atoms with van der Waals surface area (Å²) >= 11 is 6.56. The van der Waals surface area contributed by atoms with Crippen molar-refractivity contribution in [1.29, 1.82) is 5.26 Å². The molecular formula is C21H22ClN3O2. The molecule has 1 N–H and O–H groups in total. The summed E-state index contributed by atoms with van der Waals surface area (Å²) in [6, 6.07) is 9.75. The van der Waals surface area contributed by atoms with Crippen LogP contribution >= 0.6 is 11.6 Å². The van der Waals surface area contributed by atoms with Crippen LogP contribution < -0.4 is 0 Å². The predicted octanol–water partition coefficient (Wildman–Crippen LogP) is 3.40. The van der Waals surface area contributed by atoms with Gasteiger partial charge in [0.05, 0.1) is 34.9 Å². The first-order valence-electron chi connectivity index (χ1n) is 9.27. The van der Waals surface area contributed by atoms with E-state index in [2.05, 4.69) is 11.0 Å². The number of hydrogen-bond acceptors (Lipinski definition) is 4. The average molecular weight is 384 g/mol. The fraction of sp³-hybridized carbons (Fsp3) is 0.429. The summed E-state index contributed by atoms with van der Waals surface area (Å²) in [5.74, 6) is -0.000931. The average Bonchev–Trinajstić information content (AvgIpc) is 3.24. The second-order valence-electron chi connectivity index (χ2n) is 7.55. The second-order valence-corrected chi connectivity index (χ2v) is 7.93. The molecule has 2 aliphatic heterocycles. The Kier molecular flexibility index (Phi) is 4.59. The molecule has 3 atom stereocenters. The van der Waals surface area contributed by atoms with Gasteiger partial charge in [0.25, 0.3) is 0 Å². The maximum absolute atomic E-state index is 13.1. The molecule has 1 aromatic carbocycles. The van der Waals surface area contributed by atoms with Gasteiger partial charge in [-0.2, -0.15) is 5.26 Å². The minimum atomic E-state index is -0.321. The molecule has 6 heteroatoms. The Morgan fingerprint density at radius 1 is 1.26 bits per heavy atom. The van der Waals surface area contributed by atoms with Gasteiger partial charge in [-0.05, 0) is 57.4 Å². The van der Waals surface area contributed by atoms with E-state index in [9.17, 15) is 9.90 Å². The minimum Gasteiger partial charge on any atom is -0.391 e. The number of fused-ring (bicyclic) bond motifs is 2. The van der Waals surface area contributed by atoms with Crippen LogP contribution in [-0.2, 0) is 0 Å². The van der Waals surface area contributed by atoms with Crippen molar-refractivity contribution in [3.8, 4) is 11.8 Å². The molecule has 2 unspecified atom stereocenters. The molecule has 4 rings (SSSR count). The van der Waals surface area contributed by atoms with Crippen LogP contribution in [0.4, 0.5) is 0 Å². The molecule has 1 aromatic heterocycles. The molecule has 2 bridgehead atoms. The van der Waals surface area contributed by atoms with E-state index in [4.69, 9.17) is 16.9 Å². The third-order valence-electron chi connectivity index (χ3n) is 6.08. The smallest absolute Gasteiger partial charge is 0.180 e. The van der Waals surface area contributed by atoms with Gasteiger partial charge in [-0.15, -0.1) is 0 Å². The zero-order valence-corrected chi connectivity index (χ0v) is 16.2. The first kappa shape index (κ1) is 18.2. The first-order chi connectivity index (χ1) is 12.9. The summed E-state index contributed by atoms with van der Waals surface area (Å²) in [5.41, 5.74) is 3.64. The zero-order valence-electron chi connectivity index (χ0n) is 15.4. The highest BCUT2D eigenvalue weighted by Gasteiger charge is 2.46. The normalized spacial score (nSPS) is 24.3. The molecule has 0 radical (unpaired) electrons. The molecule has 0 aliphatic carbocycles. The summed E-state index contributed by atoms with van der Waals surface area (Å²) in [4.78, 5) is 15.3. The largest absolute Gasteiger partial charge is 0.391 e. The maximum Gasteiger partial charge on any atom is 0.180 e. The Balaban J connectivity index is 1.65. The van der Waals surface area contributed by atoms with E-state index in [1.54, 1.807) is 12.1 Å². The number of rotatable bonds is 4. The summed E-state index contributed by atoms with van der Waals surface area (Å²) in [6.07, 6.45) is 2.44. The van der Waals surface area contributed by atoms with Crippen LogP contribution in [0, 0.1) is 25.2 Å². The molecule has 2 aliphatic rings. The van der Waals surface area contributed by atoms with Crippen LogP contribution in [0.15, 0.2) is 24.3 Å². The number of aromatic nitrogens is 1. The minimum absolute atomic E-state index is 0.000931. The lowest BCUT2D eigenvalue weighted by Crippen LogP contribution is -2.36. The van der Waals surface area contributed by atoms with Crippen molar-refractivity contribution < 1.29 is 9.90 Å². The van der Waals surface area contributed by atoms with Gasteiger partial charge in [0.1, 0.15) is 0 Å². The SMILES string of the molecule is Cc1c(Cl)c(C(=O)CN2C3CCC2[C@H](O)C3)c(C)n1-c1ccc(C#N)cc1. The molecule has 0 saturated carbocycles. The molecular weight excluding hydrogens is 362 g/mol. The molecule has 0 spiro atoms. The monoisotopic (exact) mass is 383 g/mol. The van der Waals surface area contributed by atoms with Crippen molar-refractivity contribution in [2.75, 3.05) is 6.54 Å². The molecule has 5 nitrogen and oxygen atoms in total. The second kappa shape index (κ2) is 6.79. The zero-order chi connectivity index (χ0) is 19.3. The Bertz CT molecular complexity index is 942. The maximum atomic E-state index is 13.1. The highest BCUT2D eigenvalue weighted by molar-refractivity contribution is 6.35. The van der Waals surface area contributed by atoms with E-state index in [1.807, 2.05) is 30.5 Å². The predicted molar refractivity (Wildman–Crippen MR) is 103 cm³/mol. The molecule has 140 valence electrons. The molecule has 0 amide bonds. The number of carbonyl (C=O) groups excluding carboxylic acids is 1. The van der Waals surface area contributed by atoms with Crippen LogP contribution in [0.3, 0.4) is 0 Å². The van der Waals surface area contributed by atoms with Gasteiger partial charge in [0.15, 0.2) is 5.78 Å². The lowest BCUT2D eigenvalue weighted by Gasteiger charge is -2.21. The van der Waals surface area contributed by atoms with Gasteiger partial charge in [0, 0.05) is 29.2 Å². The third-order valence-corrected chi connectivity index (χ3v) is 6.54. The van der Waals surface area contributed by atoms with Crippen molar-refractivity contribution >= 4 is 17.4 Å². The van der Waals surface area contributed by atoms with Gasteiger partial charge in [-0.25, -0.2) is 0 Å². The van der Waals surface area contributed by atoms with Gasteiger partial charge >= 0.3 is 0 Å². The number of nitrogens with zero attached hydrogens (tertiary/aromatic N) is 3. The molecule has 2 aromatic rings. The number of halogens is 1. The van der Waals surface area contributed by atoms with Crippen molar-refractivity contribution in [3.05, 3.63) is 51.8 Å². The fourth-order valence-corrected chi connectivity index (χ4v) is 5.08. The van der Waals surface area contributed by atoms with E-state index >= 15 is 0 Å². The van der Waals surface area contributed by atoms with Gasteiger partial charge in [0.2, 0.25) is 0 Å². The quantitative estimate of drug-likeness (QED) is 0.821. The Labute approximate surface area is 163 Å². The van der Waals surface area contributed by atoms with Crippen molar-refractivity contribution in [3.63, 3.8) is 0 Å². The third kappa shape index (κ3) is 2.89. The standard InChI is InChI=1S/C21H22ClN3O2/c1-12-20(19(27)11-24-16-7-8-17(24)18(26)9-16)21(22)13(2)25(12)15-5-3-14(10-23)4-6-15/h3-6,16-18,26H,7-9,11H2,1-2H3/t16?,17?,18-/m1/s1. The molecule has 27 heavy (non-hydrogen) atoms. The number of carbonyl (C=O) groups is 1. The lowest BCUT2D eigenvalue weighted by molar-refractivity contribution is 0.0873. The van der Waals surface area contributed by atoms with Crippen molar-refractivity contribution in [2.24, 2.45) is 0 Å². The van der Waals surface area contributed by atoms with Gasteiger partial charge in [-0.3, -0.25) is 9.69 Å². The van der Waals surface area contributed by atoms with Crippen LogP contribution in [0.5, 0.6) is 0 Å². The molecule has 2 fully saturated rings. The highest BCUT2D eigenvalue weighted by Crippen LogP contribution is 2.38. The van der Waals surface area contributed by atoms with Gasteiger partial charge < -0.3 is 9.67 Å². The number of aliphatic hydroxyl groups excluding tert-OH is 1. The number of Topliss-reactive ketones (excluding diaryl/α,β-unsaturated/α-hetero) is 1. The Hall–Kier alpha value is -2.13. The summed E-state index contributed by atoms with van der Waals surface area (Å²) in [6.45, 7) is 4.09. The summed E-state index contributed by atoms with van der Waals surface area (Å²) in [5, 5.41) is 19.6. The van der Waals surface area contributed by atoms with Crippen LogP contribution in [0.1, 0.15) is 46.6 Å². The van der Waals surface area contributed by atoms with E-state index in [0.717, 1.165) is 36.3 Å². The molecule has 2 saturated heterocycles. The lowest BCUT2D eigenvalue weighted by atomic mass is 9.98.